The normalized spacial score (nSPS) is 12.1. The molecule has 0 radical (unpaired) electrons. The summed E-state index contributed by atoms with van der Waals surface area (Å²) in [5.41, 5.74) is 2.55. The lowest BCUT2D eigenvalue weighted by Crippen LogP contribution is -2.04. The quantitative estimate of drug-likeness (QED) is 0.921. The van der Waals surface area contributed by atoms with Crippen molar-refractivity contribution in [2.24, 2.45) is 0 Å². The molecule has 1 unspecified atom stereocenters. The highest BCUT2D eigenvalue weighted by Crippen LogP contribution is 2.36. The Hall–Kier alpha value is -1.52. The lowest BCUT2D eigenvalue weighted by molar-refractivity contribution is 0.213. The van der Waals surface area contributed by atoms with Crippen LogP contribution in [0.15, 0.2) is 40.9 Å². The number of hydrogen-bond acceptors (Lipinski definition) is 3. The SMILES string of the molecule is COc1ccc(OC)c(C(O)c2cccc(C)c2Br)c1. The van der Waals surface area contributed by atoms with Crippen LogP contribution < -0.4 is 9.47 Å². The Morgan fingerprint density at radius 1 is 1.05 bits per heavy atom. The fourth-order valence-electron chi connectivity index (χ4n) is 2.10. The number of aliphatic hydroxyl groups is 1. The number of halogens is 1. The third-order valence-corrected chi connectivity index (χ3v) is 4.33. The van der Waals surface area contributed by atoms with E-state index in [4.69, 9.17) is 9.47 Å². The summed E-state index contributed by atoms with van der Waals surface area (Å²) in [5, 5.41) is 10.7. The second-order valence-corrected chi connectivity index (χ2v) is 5.28. The second-order valence-electron chi connectivity index (χ2n) is 4.49. The molecule has 0 fully saturated rings. The second kappa shape index (κ2) is 6.29. The van der Waals surface area contributed by atoms with Gasteiger partial charge in [0.25, 0.3) is 0 Å². The lowest BCUT2D eigenvalue weighted by atomic mass is 9.99. The van der Waals surface area contributed by atoms with Gasteiger partial charge < -0.3 is 14.6 Å². The first kappa shape index (κ1) is 14.9. The molecule has 0 saturated carbocycles. The van der Waals surface area contributed by atoms with Gasteiger partial charge in [0.2, 0.25) is 0 Å². The highest BCUT2D eigenvalue weighted by Gasteiger charge is 2.19. The monoisotopic (exact) mass is 336 g/mol. The third-order valence-electron chi connectivity index (χ3n) is 3.25. The van der Waals surface area contributed by atoms with Gasteiger partial charge in [-0.2, -0.15) is 0 Å². The fourth-order valence-corrected chi connectivity index (χ4v) is 2.58. The van der Waals surface area contributed by atoms with E-state index in [-0.39, 0.29) is 0 Å². The zero-order valence-corrected chi connectivity index (χ0v) is 13.3. The summed E-state index contributed by atoms with van der Waals surface area (Å²) in [7, 11) is 3.18. The Labute approximate surface area is 127 Å². The maximum Gasteiger partial charge on any atom is 0.125 e. The predicted octanol–water partition coefficient (Wildman–Crippen LogP) is 3.86. The summed E-state index contributed by atoms with van der Waals surface area (Å²) < 4.78 is 11.4. The minimum absolute atomic E-state index is 0.631. The van der Waals surface area contributed by atoms with Crippen molar-refractivity contribution in [2.75, 3.05) is 14.2 Å². The molecule has 0 aliphatic carbocycles. The van der Waals surface area contributed by atoms with E-state index in [0.29, 0.717) is 17.1 Å². The molecule has 0 amide bonds. The van der Waals surface area contributed by atoms with Crippen molar-refractivity contribution in [3.63, 3.8) is 0 Å². The van der Waals surface area contributed by atoms with E-state index in [2.05, 4.69) is 15.9 Å². The summed E-state index contributed by atoms with van der Waals surface area (Å²) in [6, 6.07) is 11.2. The zero-order valence-electron chi connectivity index (χ0n) is 11.7. The largest absolute Gasteiger partial charge is 0.497 e. The van der Waals surface area contributed by atoms with E-state index in [0.717, 1.165) is 15.6 Å². The number of methoxy groups -OCH3 is 2. The Morgan fingerprint density at radius 3 is 2.45 bits per heavy atom. The first-order valence-corrected chi connectivity index (χ1v) is 7.02. The summed E-state index contributed by atoms with van der Waals surface area (Å²) >= 11 is 3.53. The highest BCUT2D eigenvalue weighted by atomic mass is 79.9. The number of hydrogen-bond donors (Lipinski definition) is 1. The first-order chi connectivity index (χ1) is 9.58. The van der Waals surface area contributed by atoms with Crippen LogP contribution in [-0.4, -0.2) is 19.3 Å². The molecule has 1 N–H and O–H groups in total. The van der Waals surface area contributed by atoms with E-state index in [1.807, 2.05) is 25.1 Å². The van der Waals surface area contributed by atoms with Crippen LogP contribution in [0, 0.1) is 6.92 Å². The van der Waals surface area contributed by atoms with Crippen molar-refractivity contribution < 1.29 is 14.6 Å². The molecule has 0 spiro atoms. The van der Waals surface area contributed by atoms with Gasteiger partial charge in [-0.1, -0.05) is 34.1 Å². The summed E-state index contributed by atoms with van der Waals surface area (Å²) in [6.45, 7) is 1.99. The molecule has 2 aromatic carbocycles. The maximum atomic E-state index is 10.7. The lowest BCUT2D eigenvalue weighted by Gasteiger charge is -2.18. The summed E-state index contributed by atoms with van der Waals surface area (Å²) in [6.07, 6.45) is -0.783. The van der Waals surface area contributed by atoms with Gasteiger partial charge in [0, 0.05) is 10.0 Å². The van der Waals surface area contributed by atoms with Crippen LogP contribution in [0.25, 0.3) is 0 Å². The molecule has 20 heavy (non-hydrogen) atoms. The van der Waals surface area contributed by atoms with Crippen LogP contribution in [0.1, 0.15) is 22.8 Å². The van der Waals surface area contributed by atoms with Gasteiger partial charge in [0.1, 0.15) is 17.6 Å². The van der Waals surface area contributed by atoms with E-state index in [1.54, 1.807) is 32.4 Å². The molecule has 4 heteroatoms. The van der Waals surface area contributed by atoms with Gasteiger partial charge in [-0.05, 0) is 36.2 Å². The minimum Gasteiger partial charge on any atom is -0.497 e. The molecular weight excluding hydrogens is 320 g/mol. The number of ether oxygens (including phenoxy) is 2. The van der Waals surface area contributed by atoms with Crippen molar-refractivity contribution in [1.82, 2.24) is 0 Å². The summed E-state index contributed by atoms with van der Waals surface area (Å²) in [5.74, 6) is 1.32. The zero-order chi connectivity index (χ0) is 14.7. The molecule has 0 aromatic heterocycles. The van der Waals surface area contributed by atoms with Crippen LogP contribution >= 0.6 is 15.9 Å². The Morgan fingerprint density at radius 2 is 1.80 bits per heavy atom. The van der Waals surface area contributed by atoms with Crippen LogP contribution in [-0.2, 0) is 0 Å². The minimum atomic E-state index is -0.783. The molecule has 0 saturated heterocycles. The topological polar surface area (TPSA) is 38.7 Å². The van der Waals surface area contributed by atoms with Gasteiger partial charge in [-0.3, -0.25) is 0 Å². The average molecular weight is 337 g/mol. The number of benzene rings is 2. The molecular formula is C16H17BrO3. The Bertz CT molecular complexity index is 611. The van der Waals surface area contributed by atoms with Crippen molar-refractivity contribution >= 4 is 15.9 Å². The van der Waals surface area contributed by atoms with Crippen LogP contribution in [0.3, 0.4) is 0 Å². The molecule has 0 aliphatic rings. The molecule has 2 rings (SSSR count). The smallest absolute Gasteiger partial charge is 0.125 e. The van der Waals surface area contributed by atoms with E-state index in [9.17, 15) is 5.11 Å². The van der Waals surface area contributed by atoms with Crippen molar-refractivity contribution in [3.05, 3.63) is 57.6 Å². The molecule has 2 aromatic rings. The van der Waals surface area contributed by atoms with Gasteiger partial charge in [-0.15, -0.1) is 0 Å². The number of rotatable bonds is 4. The predicted molar refractivity (Wildman–Crippen MR) is 82.5 cm³/mol. The Balaban J connectivity index is 2.51. The highest BCUT2D eigenvalue weighted by molar-refractivity contribution is 9.10. The number of aryl methyl sites for hydroxylation is 1. The van der Waals surface area contributed by atoms with Gasteiger partial charge in [0.15, 0.2) is 0 Å². The van der Waals surface area contributed by atoms with Crippen molar-refractivity contribution in [3.8, 4) is 11.5 Å². The van der Waals surface area contributed by atoms with E-state index in [1.165, 1.54) is 0 Å². The first-order valence-electron chi connectivity index (χ1n) is 6.23. The standard InChI is InChI=1S/C16H17BrO3/c1-10-5-4-6-12(15(10)17)16(18)13-9-11(19-2)7-8-14(13)20-3/h4-9,16,18H,1-3H3. The molecule has 106 valence electrons. The van der Waals surface area contributed by atoms with Gasteiger partial charge in [-0.25, -0.2) is 0 Å². The maximum absolute atomic E-state index is 10.7. The Kier molecular flexibility index (Phi) is 4.68. The van der Waals surface area contributed by atoms with Crippen LogP contribution in [0.4, 0.5) is 0 Å². The average Bonchev–Trinajstić information content (AvgIpc) is 2.48. The molecule has 0 aliphatic heterocycles. The van der Waals surface area contributed by atoms with Crippen molar-refractivity contribution in [1.29, 1.82) is 0 Å². The van der Waals surface area contributed by atoms with Gasteiger partial charge >= 0.3 is 0 Å². The molecule has 3 nitrogen and oxygen atoms in total. The third kappa shape index (κ3) is 2.81. The van der Waals surface area contributed by atoms with Crippen LogP contribution in [0.5, 0.6) is 11.5 Å². The number of aliphatic hydroxyl groups excluding tert-OH is 1. The molecule has 1 atom stereocenters. The fraction of sp³-hybridized carbons (Fsp3) is 0.250. The summed E-state index contributed by atoms with van der Waals surface area (Å²) in [4.78, 5) is 0. The van der Waals surface area contributed by atoms with E-state index < -0.39 is 6.10 Å². The van der Waals surface area contributed by atoms with Crippen molar-refractivity contribution in [2.45, 2.75) is 13.0 Å². The molecule has 0 bridgehead atoms. The molecule has 0 heterocycles. The van der Waals surface area contributed by atoms with Crippen LogP contribution in [0.2, 0.25) is 0 Å². The van der Waals surface area contributed by atoms with Gasteiger partial charge in [0.05, 0.1) is 14.2 Å². The van der Waals surface area contributed by atoms with E-state index >= 15 is 0 Å².